The van der Waals surface area contributed by atoms with E-state index in [1.165, 1.54) is 17.2 Å². The normalized spacial score (nSPS) is 15.8. The maximum Gasteiger partial charge on any atom is 0.417 e. The number of halogens is 4. The highest BCUT2D eigenvalue weighted by atomic mass is 35.5. The van der Waals surface area contributed by atoms with E-state index in [2.05, 4.69) is 4.98 Å². The van der Waals surface area contributed by atoms with Crippen LogP contribution in [-0.4, -0.2) is 27.8 Å². The number of hydrogen-bond donors (Lipinski definition) is 0. The van der Waals surface area contributed by atoms with Crippen molar-refractivity contribution >= 4 is 42.5 Å². The average Bonchev–Trinajstić information content (AvgIpc) is 3.15. The number of benzene rings is 1. The molecule has 3 heterocycles. The molecule has 0 radical (unpaired) electrons. The summed E-state index contributed by atoms with van der Waals surface area (Å²) in [6.45, 7) is 2.15. The summed E-state index contributed by atoms with van der Waals surface area (Å²) < 4.78 is 40.9. The van der Waals surface area contributed by atoms with Crippen LogP contribution in [0.5, 0.6) is 0 Å². The number of anilines is 1. The molecule has 1 aliphatic heterocycles. The second-order valence-electron chi connectivity index (χ2n) is 7.34. The zero-order valence-electron chi connectivity index (χ0n) is 16.9. The molecule has 1 amide bonds. The maximum atomic E-state index is 13.3. The molecule has 4 rings (SSSR count). The number of amides is 1. The van der Waals surface area contributed by atoms with Gasteiger partial charge in [-0.05, 0) is 48.9 Å². The summed E-state index contributed by atoms with van der Waals surface area (Å²) in [4.78, 5) is 31.3. The third-order valence-electron chi connectivity index (χ3n) is 5.24. The van der Waals surface area contributed by atoms with Crippen molar-refractivity contribution in [3.8, 4) is 0 Å². The Hall–Kier alpha value is -2.78. The van der Waals surface area contributed by atoms with Gasteiger partial charge in [-0.3, -0.25) is 14.6 Å². The molecular formula is C22H19ClF3N3O2S. The molecule has 0 N–H and O–H groups in total. The van der Waals surface area contributed by atoms with Crippen molar-refractivity contribution in [1.82, 2.24) is 9.55 Å². The van der Waals surface area contributed by atoms with Crippen molar-refractivity contribution in [2.75, 3.05) is 11.4 Å². The summed E-state index contributed by atoms with van der Waals surface area (Å²) in [5.74, 6) is -0.632. The summed E-state index contributed by atoms with van der Waals surface area (Å²) in [5.41, 5.74) is 0.476. The molecule has 2 aromatic heterocycles. The molecule has 10 heteroatoms. The second kappa shape index (κ2) is 8.99. The molecule has 0 bridgehead atoms. The Labute approximate surface area is 194 Å². The standard InChI is InChI=1S/C22H17ClF3N3O2.H2S/c1-13-12-29(15-5-6-16(17(23)11-15)22(24,25)26)21(31)20-14(7-9-28(13)20)10-19(30)18-4-2-3-8-27-18;/h2-9,11,13H,10,12H2,1H3;1H2/t13-;/m0./s1. The molecule has 5 nitrogen and oxygen atoms in total. The highest BCUT2D eigenvalue weighted by Gasteiger charge is 2.36. The van der Waals surface area contributed by atoms with Gasteiger partial charge in [0.25, 0.3) is 5.91 Å². The molecule has 1 aromatic carbocycles. The molecule has 3 aromatic rings. The largest absolute Gasteiger partial charge is 0.417 e. The van der Waals surface area contributed by atoms with Crippen molar-refractivity contribution in [2.24, 2.45) is 0 Å². The molecule has 1 aliphatic rings. The van der Waals surface area contributed by atoms with Crippen LogP contribution >= 0.6 is 25.1 Å². The lowest BCUT2D eigenvalue weighted by atomic mass is 10.0. The zero-order chi connectivity index (χ0) is 22.3. The highest BCUT2D eigenvalue weighted by Crippen LogP contribution is 2.38. The van der Waals surface area contributed by atoms with E-state index in [0.29, 0.717) is 17.0 Å². The Morgan fingerprint density at radius 3 is 2.59 bits per heavy atom. The summed E-state index contributed by atoms with van der Waals surface area (Å²) >= 11 is 5.85. The lowest BCUT2D eigenvalue weighted by molar-refractivity contribution is -0.137. The smallest absolute Gasteiger partial charge is 0.339 e. The molecule has 0 fully saturated rings. The van der Waals surface area contributed by atoms with Crippen LogP contribution in [0, 0.1) is 0 Å². The summed E-state index contributed by atoms with van der Waals surface area (Å²) in [7, 11) is 0. The van der Waals surface area contributed by atoms with Crippen LogP contribution in [0.4, 0.5) is 18.9 Å². The van der Waals surface area contributed by atoms with Gasteiger partial charge < -0.3 is 9.47 Å². The van der Waals surface area contributed by atoms with Crippen LogP contribution < -0.4 is 4.90 Å². The van der Waals surface area contributed by atoms with Crippen molar-refractivity contribution < 1.29 is 22.8 Å². The number of ketones is 1. The van der Waals surface area contributed by atoms with Gasteiger partial charge in [-0.2, -0.15) is 26.7 Å². The van der Waals surface area contributed by atoms with E-state index in [1.54, 1.807) is 35.0 Å². The summed E-state index contributed by atoms with van der Waals surface area (Å²) in [5, 5.41) is -0.475. The minimum Gasteiger partial charge on any atom is -0.339 e. The Morgan fingerprint density at radius 1 is 1.22 bits per heavy atom. The number of hydrogen-bond acceptors (Lipinski definition) is 3. The predicted molar refractivity (Wildman–Crippen MR) is 120 cm³/mol. The number of pyridine rings is 1. The minimum absolute atomic E-state index is 0. The van der Waals surface area contributed by atoms with Crippen LogP contribution in [0.3, 0.4) is 0 Å². The molecule has 0 unspecified atom stereocenters. The van der Waals surface area contributed by atoms with Crippen LogP contribution in [0.15, 0.2) is 54.9 Å². The Kier molecular flexibility index (Phi) is 6.71. The third-order valence-corrected chi connectivity index (χ3v) is 5.55. The Bertz CT molecular complexity index is 1160. The number of nitrogens with zero attached hydrogens (tertiary/aromatic N) is 3. The Balaban J connectivity index is 0.00000289. The summed E-state index contributed by atoms with van der Waals surface area (Å²) in [6, 6.07) is 9.83. The van der Waals surface area contributed by atoms with Gasteiger partial charge in [-0.15, -0.1) is 0 Å². The average molecular weight is 482 g/mol. The highest BCUT2D eigenvalue weighted by molar-refractivity contribution is 7.59. The fourth-order valence-corrected chi connectivity index (χ4v) is 4.01. The van der Waals surface area contributed by atoms with E-state index in [0.717, 1.165) is 12.1 Å². The third kappa shape index (κ3) is 4.40. The lowest BCUT2D eigenvalue weighted by Gasteiger charge is -2.33. The minimum atomic E-state index is -4.58. The van der Waals surface area contributed by atoms with E-state index in [1.807, 2.05) is 6.92 Å². The first-order chi connectivity index (χ1) is 14.7. The quantitative estimate of drug-likeness (QED) is 0.474. The number of carbonyl (C=O) groups is 2. The fourth-order valence-electron chi connectivity index (χ4n) is 3.73. The van der Waals surface area contributed by atoms with Gasteiger partial charge in [0.05, 0.1) is 10.6 Å². The second-order valence-corrected chi connectivity index (χ2v) is 7.75. The van der Waals surface area contributed by atoms with Gasteiger partial charge in [0, 0.05) is 37.1 Å². The van der Waals surface area contributed by atoms with Gasteiger partial charge in [0.1, 0.15) is 11.4 Å². The van der Waals surface area contributed by atoms with Crippen LogP contribution in [-0.2, 0) is 12.6 Å². The molecule has 0 saturated carbocycles. The van der Waals surface area contributed by atoms with Crippen molar-refractivity contribution in [3.63, 3.8) is 0 Å². The number of fused-ring (bicyclic) bond motifs is 1. The first-order valence-electron chi connectivity index (χ1n) is 9.49. The molecule has 0 aliphatic carbocycles. The van der Waals surface area contributed by atoms with E-state index >= 15 is 0 Å². The molecule has 0 saturated heterocycles. The van der Waals surface area contributed by atoms with Gasteiger partial charge in [0.2, 0.25) is 0 Å². The lowest BCUT2D eigenvalue weighted by Crippen LogP contribution is -2.42. The van der Waals surface area contributed by atoms with Gasteiger partial charge in [-0.1, -0.05) is 17.7 Å². The molecular weight excluding hydrogens is 463 g/mol. The maximum absolute atomic E-state index is 13.3. The van der Waals surface area contributed by atoms with E-state index in [9.17, 15) is 22.8 Å². The molecule has 0 spiro atoms. The Morgan fingerprint density at radius 2 is 1.97 bits per heavy atom. The van der Waals surface area contributed by atoms with Gasteiger partial charge in [0.15, 0.2) is 5.78 Å². The van der Waals surface area contributed by atoms with Crippen molar-refractivity contribution in [1.29, 1.82) is 0 Å². The van der Waals surface area contributed by atoms with E-state index in [-0.39, 0.29) is 44.0 Å². The number of carbonyl (C=O) groups excluding carboxylic acids is 2. The molecule has 168 valence electrons. The van der Waals surface area contributed by atoms with Crippen LogP contribution in [0.2, 0.25) is 5.02 Å². The van der Waals surface area contributed by atoms with Gasteiger partial charge in [-0.25, -0.2) is 0 Å². The number of rotatable bonds is 4. The van der Waals surface area contributed by atoms with Crippen molar-refractivity contribution in [2.45, 2.75) is 25.6 Å². The van der Waals surface area contributed by atoms with Crippen molar-refractivity contribution in [3.05, 3.63) is 82.4 Å². The monoisotopic (exact) mass is 481 g/mol. The summed E-state index contributed by atoms with van der Waals surface area (Å²) in [6.07, 6.45) is -1.33. The first-order valence-corrected chi connectivity index (χ1v) is 9.87. The number of aromatic nitrogens is 2. The first kappa shape index (κ1) is 23.9. The van der Waals surface area contributed by atoms with E-state index < -0.39 is 22.7 Å². The molecule has 32 heavy (non-hydrogen) atoms. The predicted octanol–water partition coefficient (Wildman–Crippen LogP) is 5.31. The molecule has 1 atom stereocenters. The topological polar surface area (TPSA) is 55.2 Å². The zero-order valence-corrected chi connectivity index (χ0v) is 18.6. The fraction of sp³-hybridized carbons (Fsp3) is 0.227. The number of Topliss-reactive ketones (excluding diaryl/α,β-unsaturated/α-hetero) is 1. The van der Waals surface area contributed by atoms with E-state index in [4.69, 9.17) is 11.6 Å². The van der Waals surface area contributed by atoms with Crippen LogP contribution in [0.1, 0.15) is 45.1 Å². The van der Waals surface area contributed by atoms with Crippen LogP contribution in [0.25, 0.3) is 0 Å². The SMILES string of the molecule is C[C@H]1CN(c2ccc(C(F)(F)F)c(Cl)c2)C(=O)c2c(CC(=O)c3ccccn3)ccn21.S. The van der Waals surface area contributed by atoms with Gasteiger partial charge >= 0.3 is 6.18 Å². The number of alkyl halides is 3.